The molecule has 0 aromatic carbocycles. The lowest BCUT2D eigenvalue weighted by Gasteiger charge is -2.22. The molecule has 1 aromatic heterocycles. The van der Waals surface area contributed by atoms with Crippen molar-refractivity contribution in [3.8, 4) is 0 Å². The van der Waals surface area contributed by atoms with Crippen LogP contribution in [0.2, 0.25) is 0 Å². The van der Waals surface area contributed by atoms with Crippen molar-refractivity contribution in [1.29, 1.82) is 0 Å². The number of unbranched alkanes of at least 4 members (excludes halogenated alkanes) is 25. The number of nitrogens with two attached hydrogens (primary N) is 1. The van der Waals surface area contributed by atoms with Gasteiger partial charge in [0, 0.05) is 33.6 Å². The van der Waals surface area contributed by atoms with Crippen LogP contribution in [0, 0.1) is 0 Å². The molecule has 362 valence electrons. The second-order valence-electron chi connectivity index (χ2n) is 17.4. The molecule has 10 nitrogen and oxygen atoms in total. The highest BCUT2D eigenvalue weighted by Crippen LogP contribution is 2.17. The third-order valence-electron chi connectivity index (χ3n) is 11.8. The van der Waals surface area contributed by atoms with Gasteiger partial charge in [-0.25, -0.2) is 5.10 Å². The molecule has 0 aliphatic heterocycles. The fraction of sp³-hybridized carbons (Fsp3) is 0.922. The summed E-state index contributed by atoms with van der Waals surface area (Å²) in [6.45, 7) is 13.2. The number of nitrogen functional groups attached to an aromatic ring is 1. The van der Waals surface area contributed by atoms with E-state index in [1.165, 1.54) is 173 Å². The van der Waals surface area contributed by atoms with E-state index in [-0.39, 0.29) is 0 Å². The van der Waals surface area contributed by atoms with Crippen molar-refractivity contribution in [3.05, 3.63) is 0 Å². The standard InChI is InChI=1S/C21H40N6O2.C18H38O.C12H26O/c22-20-24-21(26-25-20)23-14-13-17-27(15-9-5-1-3-7-11-18-28)16-10-6-2-4-8-12-19-29;1-4-6-8-10-12-14-16-18(19-3)17-15-13-11-9-7-5-2;1-4-6-7-8-9-10-11-12(5-2)13-3/h18-19H,1-17H2,(H4,22,23,24,25,26);18H,4-17H2,1-3H3;12H,4-11H2,1-3H3. The fourth-order valence-corrected chi connectivity index (χ4v) is 7.70. The minimum absolute atomic E-state index is 0.329. The molecule has 0 amide bonds. The number of aromatic nitrogens is 3. The fourth-order valence-electron chi connectivity index (χ4n) is 7.70. The lowest BCUT2D eigenvalue weighted by atomic mass is 10.0. The van der Waals surface area contributed by atoms with E-state index in [0.717, 1.165) is 77.3 Å². The second kappa shape index (κ2) is 52.3. The smallest absolute Gasteiger partial charge is 0.243 e. The van der Waals surface area contributed by atoms with Crippen LogP contribution in [-0.4, -0.2) is 85.3 Å². The number of aldehydes is 2. The van der Waals surface area contributed by atoms with Gasteiger partial charge < -0.3 is 35.0 Å². The zero-order valence-electron chi connectivity index (χ0n) is 41.4. The molecule has 0 saturated carbocycles. The number of methoxy groups -OCH3 is 2. The Morgan fingerprint density at radius 1 is 0.541 bits per heavy atom. The molecule has 0 spiro atoms. The third-order valence-corrected chi connectivity index (χ3v) is 11.8. The molecule has 0 fully saturated rings. The number of anilines is 2. The Morgan fingerprint density at radius 3 is 1.30 bits per heavy atom. The van der Waals surface area contributed by atoms with Crippen molar-refractivity contribution in [2.75, 3.05) is 51.4 Å². The predicted molar refractivity (Wildman–Crippen MR) is 264 cm³/mol. The molecule has 0 saturated heterocycles. The maximum absolute atomic E-state index is 10.4. The summed E-state index contributed by atoms with van der Waals surface area (Å²) in [4.78, 5) is 27.3. The number of carbonyl (C=O) groups is 2. The summed E-state index contributed by atoms with van der Waals surface area (Å²) >= 11 is 0. The van der Waals surface area contributed by atoms with Gasteiger partial charge in [0.2, 0.25) is 11.9 Å². The Kier molecular flexibility index (Phi) is 52.3. The second-order valence-corrected chi connectivity index (χ2v) is 17.4. The van der Waals surface area contributed by atoms with Crippen LogP contribution in [0.3, 0.4) is 0 Å². The van der Waals surface area contributed by atoms with Crippen LogP contribution in [0.15, 0.2) is 0 Å². The van der Waals surface area contributed by atoms with Crippen molar-refractivity contribution in [1.82, 2.24) is 20.1 Å². The maximum Gasteiger partial charge on any atom is 0.243 e. The highest BCUT2D eigenvalue weighted by Gasteiger charge is 2.08. The van der Waals surface area contributed by atoms with Crippen molar-refractivity contribution in [2.24, 2.45) is 0 Å². The number of ether oxygens (including phenoxy) is 2. The van der Waals surface area contributed by atoms with Gasteiger partial charge in [-0.15, -0.1) is 5.10 Å². The number of carbonyl (C=O) groups excluding carboxylic acids is 2. The third kappa shape index (κ3) is 47.3. The van der Waals surface area contributed by atoms with Crippen LogP contribution in [0.5, 0.6) is 0 Å². The molecule has 61 heavy (non-hydrogen) atoms. The summed E-state index contributed by atoms with van der Waals surface area (Å²) in [5.41, 5.74) is 5.53. The molecule has 0 aliphatic carbocycles. The van der Waals surface area contributed by atoms with E-state index in [1.807, 2.05) is 14.2 Å². The first-order chi connectivity index (χ1) is 29.9. The summed E-state index contributed by atoms with van der Waals surface area (Å²) in [5, 5.41) is 9.81. The zero-order valence-corrected chi connectivity index (χ0v) is 41.4. The number of H-pyrrole nitrogens is 1. The molecule has 1 atom stereocenters. The molecule has 4 N–H and O–H groups in total. The van der Waals surface area contributed by atoms with Crippen LogP contribution < -0.4 is 11.1 Å². The molecular weight excluding hydrogens is 761 g/mol. The monoisotopic (exact) mass is 865 g/mol. The van der Waals surface area contributed by atoms with Gasteiger partial charge in [0.1, 0.15) is 12.6 Å². The summed E-state index contributed by atoms with van der Waals surface area (Å²) in [6.07, 6.45) is 47.1. The lowest BCUT2D eigenvalue weighted by molar-refractivity contribution is -0.108. The van der Waals surface area contributed by atoms with Crippen LogP contribution in [0.4, 0.5) is 11.9 Å². The highest BCUT2D eigenvalue weighted by molar-refractivity contribution is 5.49. The summed E-state index contributed by atoms with van der Waals surface area (Å²) in [6, 6.07) is 0. The minimum atomic E-state index is 0.329. The molecular formula is C51H104N6O4. The first kappa shape index (κ1) is 61.0. The molecule has 1 unspecified atom stereocenters. The molecule has 0 bridgehead atoms. The molecule has 0 aliphatic rings. The van der Waals surface area contributed by atoms with Gasteiger partial charge in [-0.2, -0.15) is 4.98 Å². The topological polar surface area (TPSA) is 135 Å². The van der Waals surface area contributed by atoms with Gasteiger partial charge >= 0.3 is 0 Å². The van der Waals surface area contributed by atoms with Gasteiger partial charge in [0.05, 0.1) is 12.2 Å². The van der Waals surface area contributed by atoms with E-state index in [4.69, 9.17) is 15.2 Å². The Labute approximate surface area is 378 Å². The highest BCUT2D eigenvalue weighted by atomic mass is 16.5. The zero-order chi connectivity index (χ0) is 45.1. The number of hydrogen-bond donors (Lipinski definition) is 3. The number of nitrogens with zero attached hydrogens (tertiary/aromatic N) is 3. The summed E-state index contributed by atoms with van der Waals surface area (Å²) in [5.74, 6) is 0.884. The van der Waals surface area contributed by atoms with Crippen molar-refractivity contribution >= 4 is 24.5 Å². The first-order valence-electron chi connectivity index (χ1n) is 26.0. The van der Waals surface area contributed by atoms with Gasteiger partial charge in [-0.3, -0.25) is 0 Å². The quantitative estimate of drug-likeness (QED) is 0.0432. The number of rotatable bonds is 45. The normalized spacial score (nSPS) is 11.6. The van der Waals surface area contributed by atoms with Crippen LogP contribution >= 0.6 is 0 Å². The van der Waals surface area contributed by atoms with Crippen molar-refractivity contribution < 1.29 is 19.1 Å². The summed E-state index contributed by atoms with van der Waals surface area (Å²) in [7, 11) is 3.71. The van der Waals surface area contributed by atoms with E-state index < -0.39 is 0 Å². The van der Waals surface area contributed by atoms with Crippen LogP contribution in [0.1, 0.15) is 252 Å². The minimum Gasteiger partial charge on any atom is -0.381 e. The SMILES string of the molecule is CCCCCCCCC(CC)OC.CCCCCCCCC(CCCCCCCC)OC.Nc1nc(NCCCN(CCCCCCCC=O)CCCCCCCC=O)n[nH]1. The van der Waals surface area contributed by atoms with Crippen molar-refractivity contribution in [3.63, 3.8) is 0 Å². The first-order valence-corrected chi connectivity index (χ1v) is 26.0. The maximum atomic E-state index is 10.4. The Hall–Kier alpha value is -2.04. The Morgan fingerprint density at radius 2 is 0.918 bits per heavy atom. The molecule has 0 radical (unpaired) electrons. The van der Waals surface area contributed by atoms with E-state index in [2.05, 4.69) is 53.1 Å². The predicted octanol–water partition coefficient (Wildman–Crippen LogP) is 14.2. The van der Waals surface area contributed by atoms with Gasteiger partial charge in [0.25, 0.3) is 0 Å². The Bertz CT molecular complexity index is 941. The van der Waals surface area contributed by atoms with E-state index in [0.29, 0.717) is 36.9 Å². The molecule has 1 heterocycles. The van der Waals surface area contributed by atoms with Crippen molar-refractivity contribution in [2.45, 2.75) is 265 Å². The van der Waals surface area contributed by atoms with Crippen LogP contribution in [-0.2, 0) is 19.1 Å². The number of hydrogen-bond acceptors (Lipinski definition) is 9. The molecule has 10 heteroatoms. The Balaban J connectivity index is 0. The van der Waals surface area contributed by atoms with Crippen LogP contribution in [0.25, 0.3) is 0 Å². The van der Waals surface area contributed by atoms with Gasteiger partial charge in [-0.1, -0.05) is 182 Å². The average molecular weight is 865 g/mol. The largest absolute Gasteiger partial charge is 0.381 e. The molecule has 1 rings (SSSR count). The van der Waals surface area contributed by atoms with Gasteiger partial charge in [-0.05, 0) is 77.4 Å². The lowest BCUT2D eigenvalue weighted by Crippen LogP contribution is -2.28. The number of nitrogens with one attached hydrogen (secondary N) is 2. The van der Waals surface area contributed by atoms with E-state index in [1.54, 1.807) is 0 Å². The number of aromatic amines is 1. The van der Waals surface area contributed by atoms with Gasteiger partial charge in [0.15, 0.2) is 0 Å². The van der Waals surface area contributed by atoms with E-state index in [9.17, 15) is 9.59 Å². The summed E-state index contributed by atoms with van der Waals surface area (Å²) < 4.78 is 10.9. The van der Waals surface area contributed by atoms with E-state index >= 15 is 0 Å². The average Bonchev–Trinajstić information content (AvgIpc) is 3.70. The molecule has 1 aromatic rings.